The Hall–Kier alpha value is -2.41. The van der Waals surface area contributed by atoms with Crippen LogP contribution in [0.1, 0.15) is 28.9 Å². The molecule has 7 heteroatoms. The van der Waals surface area contributed by atoms with Gasteiger partial charge in [-0.15, -0.1) is 0 Å². The van der Waals surface area contributed by atoms with Crippen molar-refractivity contribution >= 4 is 34.0 Å². The monoisotopic (exact) mass is 302 g/mol. The summed E-state index contributed by atoms with van der Waals surface area (Å²) in [7, 11) is 1.78. The number of hydrogen-bond donors (Lipinski definition) is 2. The van der Waals surface area contributed by atoms with Gasteiger partial charge in [0.25, 0.3) is 0 Å². The molecule has 0 fully saturated rings. The number of aromatic carboxylic acids is 1. The number of aromatic nitrogens is 3. The lowest BCUT2D eigenvalue weighted by Gasteiger charge is -2.16. The lowest BCUT2D eigenvalue weighted by molar-refractivity contribution is 0.0697. The second-order valence-corrected chi connectivity index (χ2v) is 5.56. The highest BCUT2D eigenvalue weighted by atomic mass is 32.1. The van der Waals surface area contributed by atoms with Crippen molar-refractivity contribution in [2.75, 3.05) is 5.32 Å². The molecule has 2 N–H and O–H groups in total. The summed E-state index contributed by atoms with van der Waals surface area (Å²) < 4.78 is 1.63. The predicted molar refractivity (Wildman–Crippen MR) is 81.8 cm³/mol. The lowest BCUT2D eigenvalue weighted by atomic mass is 10.1. The molecular formula is C14H14N4O2S. The molecule has 3 aromatic rings. The van der Waals surface area contributed by atoms with Crippen LogP contribution < -0.4 is 5.32 Å². The van der Waals surface area contributed by atoms with Crippen LogP contribution in [0.4, 0.5) is 5.69 Å². The second-order valence-electron chi connectivity index (χ2n) is 4.78. The molecule has 0 aliphatic rings. The quantitative estimate of drug-likeness (QED) is 0.774. The third-order valence-corrected chi connectivity index (χ3v) is 4.10. The Morgan fingerprint density at radius 3 is 2.95 bits per heavy atom. The summed E-state index contributed by atoms with van der Waals surface area (Å²) in [6.07, 6.45) is 3.01. The van der Waals surface area contributed by atoms with Gasteiger partial charge in [0, 0.05) is 19.3 Å². The molecule has 0 saturated heterocycles. The molecule has 6 nitrogen and oxygen atoms in total. The van der Waals surface area contributed by atoms with Gasteiger partial charge in [-0.1, -0.05) is 0 Å². The van der Waals surface area contributed by atoms with E-state index in [1.807, 2.05) is 23.8 Å². The van der Waals surface area contributed by atoms with Crippen molar-refractivity contribution in [1.29, 1.82) is 0 Å². The van der Waals surface area contributed by atoms with Gasteiger partial charge in [-0.05, 0) is 29.3 Å². The van der Waals surface area contributed by atoms with Crippen LogP contribution in [0.2, 0.25) is 0 Å². The average molecular weight is 302 g/mol. The molecule has 0 aliphatic carbocycles. The maximum atomic E-state index is 11.4. The van der Waals surface area contributed by atoms with E-state index in [1.165, 1.54) is 6.20 Å². The van der Waals surface area contributed by atoms with Crippen molar-refractivity contribution in [3.63, 3.8) is 0 Å². The number of thiophene rings is 1. The molecule has 0 bridgehead atoms. The smallest absolute Gasteiger partial charge is 0.339 e. The van der Waals surface area contributed by atoms with Gasteiger partial charge >= 0.3 is 5.97 Å². The lowest BCUT2D eigenvalue weighted by Crippen LogP contribution is -2.11. The molecule has 0 radical (unpaired) electrons. The van der Waals surface area contributed by atoms with Crippen LogP contribution in [0, 0.1) is 0 Å². The molecule has 0 aliphatic heterocycles. The molecule has 108 valence electrons. The fourth-order valence-electron chi connectivity index (χ4n) is 2.23. The van der Waals surface area contributed by atoms with Crippen molar-refractivity contribution in [3.05, 3.63) is 40.3 Å². The highest BCUT2D eigenvalue weighted by Gasteiger charge is 2.19. The fraction of sp³-hybridized carbons (Fsp3) is 0.214. The molecule has 1 atom stereocenters. The van der Waals surface area contributed by atoms with Crippen molar-refractivity contribution in [2.24, 2.45) is 7.05 Å². The zero-order valence-electron chi connectivity index (χ0n) is 11.6. The SMILES string of the molecule is CC(Nc1c(C(=O)O)cnc2c1cnn2C)c1ccsc1. The summed E-state index contributed by atoms with van der Waals surface area (Å²) in [5.41, 5.74) is 2.47. The summed E-state index contributed by atoms with van der Waals surface area (Å²) >= 11 is 1.61. The standard InChI is InChI=1S/C14H14N4O2S/c1-8(9-3-4-21-7-9)17-12-10-6-16-18(2)13(10)15-5-11(12)14(19)20/h3-8H,1-2H3,(H,15,17)(H,19,20). The van der Waals surface area contributed by atoms with Crippen LogP contribution in [-0.4, -0.2) is 25.8 Å². The van der Waals surface area contributed by atoms with Crippen LogP contribution >= 0.6 is 11.3 Å². The maximum absolute atomic E-state index is 11.4. The van der Waals surface area contributed by atoms with Crippen molar-refractivity contribution < 1.29 is 9.90 Å². The Balaban J connectivity index is 2.10. The number of carboxylic acid groups (broad SMARTS) is 1. The van der Waals surface area contributed by atoms with E-state index in [1.54, 1.807) is 29.3 Å². The molecule has 3 rings (SSSR count). The Bertz CT molecular complexity index is 795. The number of pyridine rings is 1. The third kappa shape index (κ3) is 2.36. The summed E-state index contributed by atoms with van der Waals surface area (Å²) in [5.74, 6) is -1.01. The van der Waals surface area contributed by atoms with Gasteiger partial charge in [0.05, 0.1) is 17.3 Å². The zero-order valence-corrected chi connectivity index (χ0v) is 12.4. The van der Waals surface area contributed by atoms with Crippen LogP contribution in [0.15, 0.2) is 29.2 Å². The number of carboxylic acids is 1. The van der Waals surface area contributed by atoms with E-state index in [0.717, 1.165) is 5.56 Å². The number of aryl methyl sites for hydroxylation is 1. The van der Waals surface area contributed by atoms with Gasteiger partial charge in [0.15, 0.2) is 5.65 Å². The zero-order chi connectivity index (χ0) is 15.0. The van der Waals surface area contributed by atoms with Crippen LogP contribution in [0.3, 0.4) is 0 Å². The molecule has 0 saturated carbocycles. The number of rotatable bonds is 4. The molecule has 0 spiro atoms. The van der Waals surface area contributed by atoms with E-state index in [2.05, 4.69) is 15.4 Å². The largest absolute Gasteiger partial charge is 0.478 e. The van der Waals surface area contributed by atoms with E-state index in [0.29, 0.717) is 16.7 Å². The minimum atomic E-state index is -1.01. The summed E-state index contributed by atoms with van der Waals surface area (Å²) in [5, 5.41) is 21.6. The normalized spacial score (nSPS) is 12.5. The van der Waals surface area contributed by atoms with Gasteiger partial charge < -0.3 is 10.4 Å². The van der Waals surface area contributed by atoms with Crippen molar-refractivity contribution in [2.45, 2.75) is 13.0 Å². The highest BCUT2D eigenvalue weighted by Crippen LogP contribution is 2.29. The number of fused-ring (bicyclic) bond motifs is 1. The Morgan fingerprint density at radius 2 is 2.29 bits per heavy atom. The maximum Gasteiger partial charge on any atom is 0.339 e. The minimum absolute atomic E-state index is 0.000145. The minimum Gasteiger partial charge on any atom is -0.478 e. The number of hydrogen-bond acceptors (Lipinski definition) is 5. The molecule has 0 amide bonds. The number of anilines is 1. The molecule has 21 heavy (non-hydrogen) atoms. The van der Waals surface area contributed by atoms with Crippen LogP contribution in [0.25, 0.3) is 11.0 Å². The molecule has 0 aromatic carbocycles. The Labute approximate surface area is 125 Å². The number of nitrogens with zero attached hydrogens (tertiary/aromatic N) is 3. The summed E-state index contributed by atoms with van der Waals surface area (Å²) in [4.78, 5) is 15.6. The van der Waals surface area contributed by atoms with E-state index in [9.17, 15) is 9.90 Å². The van der Waals surface area contributed by atoms with Crippen LogP contribution in [0.5, 0.6) is 0 Å². The van der Waals surface area contributed by atoms with Gasteiger partial charge in [-0.3, -0.25) is 4.68 Å². The Kier molecular flexibility index (Phi) is 3.34. The van der Waals surface area contributed by atoms with Gasteiger partial charge in [0.1, 0.15) is 5.56 Å². The fourth-order valence-corrected chi connectivity index (χ4v) is 2.99. The first-order chi connectivity index (χ1) is 10.1. The number of carbonyl (C=O) groups is 1. The van der Waals surface area contributed by atoms with E-state index in [4.69, 9.17) is 0 Å². The van der Waals surface area contributed by atoms with Gasteiger partial charge in [-0.25, -0.2) is 9.78 Å². The first kappa shape index (κ1) is 13.6. The van der Waals surface area contributed by atoms with E-state index in [-0.39, 0.29) is 11.6 Å². The Morgan fingerprint density at radius 1 is 1.48 bits per heavy atom. The molecular weight excluding hydrogens is 288 g/mol. The second kappa shape index (κ2) is 5.17. The first-order valence-corrected chi connectivity index (χ1v) is 7.35. The number of nitrogens with one attached hydrogen (secondary N) is 1. The third-order valence-electron chi connectivity index (χ3n) is 3.40. The molecule has 3 aromatic heterocycles. The van der Waals surface area contributed by atoms with Gasteiger partial charge in [0.2, 0.25) is 0 Å². The van der Waals surface area contributed by atoms with Crippen LogP contribution in [-0.2, 0) is 7.05 Å². The van der Waals surface area contributed by atoms with Gasteiger partial charge in [-0.2, -0.15) is 16.4 Å². The average Bonchev–Trinajstić information content (AvgIpc) is 3.09. The summed E-state index contributed by atoms with van der Waals surface area (Å²) in [6.45, 7) is 2.00. The van der Waals surface area contributed by atoms with Crippen molar-refractivity contribution in [3.8, 4) is 0 Å². The first-order valence-electron chi connectivity index (χ1n) is 6.40. The predicted octanol–water partition coefficient (Wildman–Crippen LogP) is 2.90. The van der Waals surface area contributed by atoms with E-state index < -0.39 is 5.97 Å². The summed E-state index contributed by atoms with van der Waals surface area (Å²) in [6, 6.07) is 2.02. The van der Waals surface area contributed by atoms with Crippen molar-refractivity contribution in [1.82, 2.24) is 14.8 Å². The topological polar surface area (TPSA) is 80.0 Å². The highest BCUT2D eigenvalue weighted by molar-refractivity contribution is 7.08. The molecule has 1 unspecified atom stereocenters. The molecule has 3 heterocycles. The van der Waals surface area contributed by atoms with E-state index >= 15 is 0 Å².